The molecule has 386 valence electrons. The van der Waals surface area contributed by atoms with Gasteiger partial charge in [0.2, 0.25) is 11.8 Å². The minimum Gasteiger partial charge on any atom is -0.483 e. The molecule has 73 heavy (non-hydrogen) atoms. The lowest BCUT2D eigenvalue weighted by atomic mass is 10.0. The number of halogens is 4. The topological polar surface area (TPSA) is 227 Å². The number of amidine groups is 2. The van der Waals surface area contributed by atoms with Crippen LogP contribution >= 0.6 is 23.2 Å². The maximum atomic E-state index is 14.0. The molecule has 3 atom stereocenters. The number of aryl methyl sites for hydroxylation is 4. The van der Waals surface area contributed by atoms with Crippen LogP contribution in [-0.2, 0) is 38.0 Å². The van der Waals surface area contributed by atoms with Gasteiger partial charge >= 0.3 is 0 Å². The molecule has 0 aliphatic carbocycles. The minimum atomic E-state index is -0.550. The predicted octanol–water partition coefficient (Wildman–Crippen LogP) is 8.18. The lowest BCUT2D eigenvalue weighted by molar-refractivity contribution is -0.175. The molecule has 6 aromatic heterocycles. The summed E-state index contributed by atoms with van der Waals surface area (Å²) in [6.07, 6.45) is 9.69. The van der Waals surface area contributed by atoms with Gasteiger partial charge in [0.05, 0.1) is 59.3 Å². The van der Waals surface area contributed by atoms with Gasteiger partial charge in [0.25, 0.3) is 6.47 Å². The molecule has 0 spiro atoms. The molecule has 0 saturated heterocycles. The van der Waals surface area contributed by atoms with E-state index in [1.807, 2.05) is 102 Å². The molecular formula is C49H54Cl2F2N12O8. The van der Waals surface area contributed by atoms with E-state index in [0.717, 1.165) is 50.1 Å². The Morgan fingerprint density at radius 1 is 0.849 bits per heavy atom. The quantitative estimate of drug-likeness (QED) is 0.0345. The third-order valence-corrected chi connectivity index (χ3v) is 11.7. The third kappa shape index (κ3) is 12.9. The van der Waals surface area contributed by atoms with Crippen LogP contribution in [0, 0.1) is 25.5 Å². The molecule has 20 nitrogen and oxygen atoms in total. The first-order valence-electron chi connectivity index (χ1n) is 22.0. The normalized spacial score (nSPS) is 14.7. The van der Waals surface area contributed by atoms with E-state index in [0.29, 0.717) is 29.0 Å². The number of hydrogen-bond acceptors (Lipinski definition) is 14. The largest absolute Gasteiger partial charge is 0.483 e. The van der Waals surface area contributed by atoms with Crippen LogP contribution in [0.1, 0.15) is 48.2 Å². The van der Waals surface area contributed by atoms with Crippen molar-refractivity contribution in [2.45, 2.75) is 52.2 Å². The van der Waals surface area contributed by atoms with Crippen LogP contribution in [0.3, 0.4) is 0 Å². The summed E-state index contributed by atoms with van der Waals surface area (Å²) in [5.74, 6) is 0.579. The number of oxime groups is 1. The zero-order valence-corrected chi connectivity index (χ0v) is 42.9. The highest BCUT2D eigenvalue weighted by atomic mass is 35.5. The standard InChI is InChI=1S/C23H22ClFN6O2.C16H23N5O4.C9H7ClFN.CH2O2/c1-12-9-31(11-26-12)19-6-5-18(27-23(19)32-4)22-28-21(13(2)33-29-22)15-10-30(3)20-8-17(25)16(24)7-14(15)20;1-10-8-21(9-18-10)13-7-6-12(19-15(13)22-3)14(17)20-25-11(2)16(23-4)24-5;1-12-3-2-6-4-7(10)8(11)5-9(6)12;2-1-3/h5-11,13,21H,1-4H3,(H,28,29);6-9,11,16H,1-5H3,(H2,17,20);2-5H,1H3;1H,(H,2,3). The van der Waals surface area contributed by atoms with Crippen molar-refractivity contribution in [2.75, 3.05) is 28.4 Å². The number of benzene rings is 2. The first-order chi connectivity index (χ1) is 34.9. The minimum absolute atomic E-state index is 0.0680. The van der Waals surface area contributed by atoms with Gasteiger partial charge in [0.15, 0.2) is 24.1 Å². The van der Waals surface area contributed by atoms with E-state index < -0.39 is 18.2 Å². The Balaban J connectivity index is 0.000000190. The van der Waals surface area contributed by atoms with Gasteiger partial charge < -0.3 is 52.9 Å². The van der Waals surface area contributed by atoms with Crippen molar-refractivity contribution in [2.24, 2.45) is 30.0 Å². The average Bonchev–Trinajstić information content (AvgIpc) is 4.18. The van der Waals surface area contributed by atoms with Gasteiger partial charge in [-0.3, -0.25) is 14.6 Å². The van der Waals surface area contributed by atoms with Gasteiger partial charge in [0.1, 0.15) is 46.5 Å². The number of hydroxylamine groups is 1. The maximum absolute atomic E-state index is 14.0. The van der Waals surface area contributed by atoms with E-state index in [4.69, 9.17) is 72.5 Å². The SMILES string of the molecule is COc1nc(/C(N)=N/OC(C)C(OC)OC)ccc1-n1cnc(C)c1.COc1nc(C2=NC(c3cn(C)c4cc(F)c(Cl)cc34)C(C)ON2)ccc1-n1cnc(C)c1.Cn1ccc2cc(Cl)c(F)cc21.O=CO. The number of fused-ring (bicyclic) bond motifs is 2. The van der Waals surface area contributed by atoms with Crippen LogP contribution in [0.2, 0.25) is 10.0 Å². The Morgan fingerprint density at radius 2 is 1.42 bits per heavy atom. The lowest BCUT2D eigenvalue weighted by Crippen LogP contribution is -2.38. The number of pyridine rings is 2. The second kappa shape index (κ2) is 24.7. The Bertz CT molecular complexity index is 3240. The van der Waals surface area contributed by atoms with Crippen LogP contribution in [0.25, 0.3) is 33.2 Å². The molecule has 0 radical (unpaired) electrons. The molecule has 0 amide bonds. The molecule has 0 fully saturated rings. The van der Waals surface area contributed by atoms with Crippen LogP contribution in [0.4, 0.5) is 8.78 Å². The van der Waals surface area contributed by atoms with Gasteiger partial charge in [-0.05, 0) is 82.3 Å². The molecule has 2 aromatic carbocycles. The molecule has 1 aliphatic heterocycles. The summed E-state index contributed by atoms with van der Waals surface area (Å²) in [4.78, 5) is 41.8. The number of ether oxygens (including phenoxy) is 4. The molecular weight excluding hydrogens is 994 g/mol. The number of imidazole rings is 2. The first kappa shape index (κ1) is 54.7. The number of nitrogens with one attached hydrogen (secondary N) is 1. The zero-order valence-electron chi connectivity index (χ0n) is 41.4. The Labute approximate surface area is 428 Å². The number of carboxylic acid groups (broad SMARTS) is 1. The van der Waals surface area contributed by atoms with Crippen molar-refractivity contribution in [3.63, 3.8) is 0 Å². The van der Waals surface area contributed by atoms with Gasteiger partial charge in [0, 0.05) is 69.4 Å². The average molecular weight is 1050 g/mol. The van der Waals surface area contributed by atoms with Crippen molar-refractivity contribution in [3.05, 3.63) is 142 Å². The molecule has 24 heteroatoms. The highest BCUT2D eigenvalue weighted by Crippen LogP contribution is 2.36. The number of methoxy groups -OCH3 is 4. The fraction of sp³-hybridized carbons (Fsp3) is 0.286. The fourth-order valence-electron chi connectivity index (χ4n) is 7.49. The van der Waals surface area contributed by atoms with Gasteiger partial charge in [-0.2, -0.15) is 0 Å². The Morgan fingerprint density at radius 3 is 2.00 bits per heavy atom. The molecule has 0 saturated carbocycles. The first-order valence-corrected chi connectivity index (χ1v) is 22.8. The van der Waals surface area contributed by atoms with Crippen molar-refractivity contribution in [1.29, 1.82) is 0 Å². The molecule has 9 rings (SSSR count). The van der Waals surface area contributed by atoms with Crippen LogP contribution in [-0.4, -0.2) is 108 Å². The summed E-state index contributed by atoms with van der Waals surface area (Å²) in [5.41, 5.74) is 15.6. The Hall–Kier alpha value is -7.63. The van der Waals surface area contributed by atoms with E-state index in [1.54, 1.807) is 44.9 Å². The predicted molar refractivity (Wildman–Crippen MR) is 272 cm³/mol. The third-order valence-electron chi connectivity index (χ3n) is 11.1. The number of carbonyl (C=O) groups is 1. The van der Waals surface area contributed by atoms with Gasteiger partial charge in [-0.15, -0.1) is 0 Å². The molecule has 8 aromatic rings. The molecule has 3 unspecified atom stereocenters. The molecule has 7 heterocycles. The summed E-state index contributed by atoms with van der Waals surface area (Å²) in [5, 5.41) is 12.8. The van der Waals surface area contributed by atoms with Crippen LogP contribution in [0.5, 0.6) is 11.8 Å². The van der Waals surface area contributed by atoms with Gasteiger partial charge in [-0.25, -0.2) is 34.2 Å². The summed E-state index contributed by atoms with van der Waals surface area (Å²) in [6.45, 7) is 7.24. The highest BCUT2D eigenvalue weighted by molar-refractivity contribution is 6.31. The Kier molecular flexibility index (Phi) is 18.5. The molecule has 1 aliphatic rings. The number of nitrogens with zero attached hydrogens (tertiary/aromatic N) is 10. The molecule has 0 bridgehead atoms. The van der Waals surface area contributed by atoms with E-state index in [2.05, 4.69) is 30.6 Å². The second-order valence-corrected chi connectivity index (χ2v) is 16.9. The number of aromatic nitrogens is 8. The van der Waals surface area contributed by atoms with Crippen molar-refractivity contribution in [3.8, 4) is 23.1 Å². The fourth-order valence-corrected chi connectivity index (χ4v) is 7.82. The maximum Gasteiger partial charge on any atom is 0.290 e. The van der Waals surface area contributed by atoms with Crippen molar-refractivity contribution < 1.29 is 47.3 Å². The number of hydrogen-bond donors (Lipinski definition) is 3. The van der Waals surface area contributed by atoms with E-state index >= 15 is 0 Å². The number of aliphatic imine (C=N–C) groups is 1. The van der Waals surface area contributed by atoms with E-state index in [-0.39, 0.29) is 40.3 Å². The second-order valence-electron chi connectivity index (χ2n) is 16.1. The lowest BCUT2D eigenvalue weighted by Gasteiger charge is -2.27. The smallest absolute Gasteiger partial charge is 0.290 e. The van der Waals surface area contributed by atoms with Crippen LogP contribution < -0.4 is 20.7 Å². The number of nitrogens with two attached hydrogens (primary N) is 1. The summed E-state index contributed by atoms with van der Waals surface area (Å²) < 4.78 is 55.4. The van der Waals surface area contributed by atoms with Crippen molar-refractivity contribution >= 4 is 63.2 Å². The summed E-state index contributed by atoms with van der Waals surface area (Å²) in [6, 6.07) is 15.0. The number of rotatable bonds is 12. The van der Waals surface area contributed by atoms with Crippen LogP contribution in [0.15, 0.2) is 102 Å². The summed E-state index contributed by atoms with van der Waals surface area (Å²) >= 11 is 11.7. The highest BCUT2D eigenvalue weighted by Gasteiger charge is 2.30. The monoisotopic (exact) mass is 1050 g/mol. The van der Waals surface area contributed by atoms with Gasteiger partial charge in [-0.1, -0.05) is 28.4 Å². The van der Waals surface area contributed by atoms with Crippen molar-refractivity contribution in [1.82, 2.24) is 43.7 Å². The van der Waals surface area contributed by atoms with E-state index in [1.165, 1.54) is 33.5 Å². The molecule has 4 N–H and O–H groups in total. The van der Waals surface area contributed by atoms with E-state index in [9.17, 15) is 8.78 Å². The zero-order chi connectivity index (χ0) is 53.1. The summed E-state index contributed by atoms with van der Waals surface area (Å²) in [7, 11) is 9.87.